The smallest absolute Gasteiger partial charge is 0.377 e. The summed E-state index contributed by atoms with van der Waals surface area (Å²) in [7, 11) is 1.95. The zero-order chi connectivity index (χ0) is 21.8. The van der Waals surface area contributed by atoms with Gasteiger partial charge in [0.15, 0.2) is 0 Å². The van der Waals surface area contributed by atoms with E-state index in [0.29, 0.717) is 0 Å². The molecule has 0 unspecified atom stereocenters. The molecule has 0 spiro atoms. The van der Waals surface area contributed by atoms with Crippen molar-refractivity contribution in [2.75, 3.05) is 46.0 Å². The Kier molecular flexibility index (Phi) is 19.6. The van der Waals surface area contributed by atoms with Crippen molar-refractivity contribution in [1.29, 1.82) is 0 Å². The van der Waals surface area contributed by atoms with E-state index in [1.165, 1.54) is 108 Å². The van der Waals surface area contributed by atoms with Gasteiger partial charge in [0.25, 0.3) is 0 Å². The Morgan fingerprint density at radius 2 is 0.828 bits per heavy atom. The summed E-state index contributed by atoms with van der Waals surface area (Å²) < 4.78 is 17.1. The molecule has 0 aromatic rings. The summed E-state index contributed by atoms with van der Waals surface area (Å²) >= 11 is 0. The SMILES string of the molecule is CCCCCC[P+](CCCCCC)(CCCCCC)CCC[Si](OC)(OC)OC. The lowest BCUT2D eigenvalue weighted by Gasteiger charge is -2.30. The van der Waals surface area contributed by atoms with E-state index in [0.717, 1.165) is 6.04 Å². The van der Waals surface area contributed by atoms with Crippen LogP contribution in [0.5, 0.6) is 0 Å². The molecule has 0 rings (SSSR count). The molecule has 0 fully saturated rings. The lowest BCUT2D eigenvalue weighted by molar-refractivity contribution is 0.123. The van der Waals surface area contributed by atoms with Crippen LogP contribution in [0.25, 0.3) is 0 Å². The van der Waals surface area contributed by atoms with Gasteiger partial charge in [-0.25, -0.2) is 0 Å². The first-order valence-corrected chi connectivity index (χ1v) is 17.0. The van der Waals surface area contributed by atoms with Crippen molar-refractivity contribution in [3.05, 3.63) is 0 Å². The van der Waals surface area contributed by atoms with Crippen LogP contribution in [0.2, 0.25) is 6.04 Å². The highest BCUT2D eigenvalue weighted by molar-refractivity contribution is 7.75. The van der Waals surface area contributed by atoms with E-state index in [1.54, 1.807) is 21.3 Å². The van der Waals surface area contributed by atoms with Crippen molar-refractivity contribution in [2.24, 2.45) is 0 Å². The molecule has 176 valence electrons. The topological polar surface area (TPSA) is 27.7 Å². The van der Waals surface area contributed by atoms with E-state index in [4.69, 9.17) is 13.3 Å². The first-order valence-electron chi connectivity index (χ1n) is 12.6. The molecule has 0 N–H and O–H groups in total. The molecule has 0 bridgehead atoms. The largest absolute Gasteiger partial charge is 0.500 e. The van der Waals surface area contributed by atoms with Gasteiger partial charge < -0.3 is 13.3 Å². The molecule has 0 aliphatic heterocycles. The average molecular weight is 450 g/mol. The Morgan fingerprint density at radius 1 is 0.483 bits per heavy atom. The summed E-state index contributed by atoms with van der Waals surface area (Å²) in [5.41, 5.74) is 0. The van der Waals surface area contributed by atoms with Gasteiger partial charge in [-0.2, -0.15) is 0 Å². The standard InChI is InChI=1S/C24H54O3PSi/c1-7-10-13-16-20-28(21-17-14-11-8-2,22-18-15-12-9-3)23-19-24-29(25-4,26-5)27-6/h7-24H2,1-6H3/q+1. The minimum atomic E-state index is -2.43. The summed E-state index contributed by atoms with van der Waals surface area (Å²) in [5.74, 6) is 0. The Balaban J connectivity index is 5.04. The van der Waals surface area contributed by atoms with Crippen molar-refractivity contribution in [2.45, 2.75) is 110 Å². The summed E-state index contributed by atoms with van der Waals surface area (Å²) in [5, 5.41) is 0. The summed E-state index contributed by atoms with van der Waals surface area (Å²) in [6.07, 6.45) is 24.0. The highest BCUT2D eigenvalue weighted by Crippen LogP contribution is 2.61. The van der Waals surface area contributed by atoms with Gasteiger partial charge in [0.05, 0.1) is 24.6 Å². The molecule has 5 heteroatoms. The van der Waals surface area contributed by atoms with E-state index in [9.17, 15) is 0 Å². The number of unbranched alkanes of at least 4 members (excludes halogenated alkanes) is 9. The molecular formula is C24H54O3PSi+. The van der Waals surface area contributed by atoms with Crippen LogP contribution in [-0.4, -0.2) is 54.8 Å². The van der Waals surface area contributed by atoms with Crippen LogP contribution in [0.4, 0.5) is 0 Å². The van der Waals surface area contributed by atoms with E-state index < -0.39 is 16.1 Å². The predicted molar refractivity (Wildman–Crippen MR) is 135 cm³/mol. The number of hydrogen-bond acceptors (Lipinski definition) is 3. The molecule has 0 aromatic carbocycles. The third kappa shape index (κ3) is 13.5. The van der Waals surface area contributed by atoms with Gasteiger partial charge in [-0.1, -0.05) is 59.3 Å². The molecule has 3 nitrogen and oxygen atoms in total. The van der Waals surface area contributed by atoms with E-state index >= 15 is 0 Å². The Labute approximate surface area is 185 Å². The highest BCUT2D eigenvalue weighted by atomic mass is 31.2. The molecule has 0 aromatic heterocycles. The molecule has 0 aliphatic rings. The zero-order valence-corrected chi connectivity index (χ0v) is 22.8. The Bertz CT molecular complexity index is 311. The van der Waals surface area contributed by atoms with Crippen LogP contribution in [-0.2, 0) is 13.3 Å². The van der Waals surface area contributed by atoms with E-state index in [1.807, 2.05) is 0 Å². The van der Waals surface area contributed by atoms with Crippen molar-refractivity contribution in [3.63, 3.8) is 0 Å². The van der Waals surface area contributed by atoms with E-state index in [-0.39, 0.29) is 0 Å². The molecule has 0 atom stereocenters. The fourth-order valence-electron chi connectivity index (χ4n) is 4.48. The van der Waals surface area contributed by atoms with Crippen LogP contribution in [0, 0.1) is 0 Å². The molecule has 0 saturated heterocycles. The van der Waals surface area contributed by atoms with Crippen molar-refractivity contribution < 1.29 is 13.3 Å². The minimum Gasteiger partial charge on any atom is -0.377 e. The van der Waals surface area contributed by atoms with Crippen LogP contribution < -0.4 is 0 Å². The first-order chi connectivity index (χ1) is 14.1. The number of hydrogen-bond donors (Lipinski definition) is 0. The summed E-state index contributed by atoms with van der Waals surface area (Å²) in [6.45, 7) is 6.97. The summed E-state index contributed by atoms with van der Waals surface area (Å²) in [4.78, 5) is 0. The van der Waals surface area contributed by atoms with Crippen LogP contribution in [0.15, 0.2) is 0 Å². The van der Waals surface area contributed by atoms with E-state index in [2.05, 4.69) is 20.8 Å². The van der Waals surface area contributed by atoms with Gasteiger partial charge in [-0.05, 0) is 44.9 Å². The third-order valence-electron chi connectivity index (χ3n) is 6.51. The van der Waals surface area contributed by atoms with Gasteiger partial charge in [0, 0.05) is 34.6 Å². The fourth-order valence-corrected chi connectivity index (χ4v) is 11.4. The molecular weight excluding hydrogens is 395 g/mol. The maximum Gasteiger partial charge on any atom is 0.500 e. The molecule has 29 heavy (non-hydrogen) atoms. The Hall–Kier alpha value is 0.527. The fraction of sp³-hybridized carbons (Fsp3) is 1.00. The monoisotopic (exact) mass is 449 g/mol. The quantitative estimate of drug-likeness (QED) is 0.0951. The molecule has 0 heterocycles. The van der Waals surface area contributed by atoms with Crippen molar-refractivity contribution in [3.8, 4) is 0 Å². The molecule has 0 amide bonds. The van der Waals surface area contributed by atoms with Crippen molar-refractivity contribution in [1.82, 2.24) is 0 Å². The van der Waals surface area contributed by atoms with Crippen LogP contribution >= 0.6 is 7.26 Å². The normalized spacial score (nSPS) is 12.6. The molecule has 0 aliphatic carbocycles. The third-order valence-corrected chi connectivity index (χ3v) is 14.4. The second-order valence-corrected chi connectivity index (χ2v) is 16.4. The minimum absolute atomic E-state index is 0.879. The summed E-state index contributed by atoms with van der Waals surface area (Å²) in [6, 6.07) is 0.969. The lowest BCUT2D eigenvalue weighted by Crippen LogP contribution is -2.42. The Morgan fingerprint density at radius 3 is 1.14 bits per heavy atom. The predicted octanol–water partition coefficient (Wildman–Crippen LogP) is 8.01. The van der Waals surface area contributed by atoms with Gasteiger partial charge >= 0.3 is 8.80 Å². The van der Waals surface area contributed by atoms with Gasteiger partial charge in [0.1, 0.15) is 0 Å². The number of rotatable bonds is 22. The second-order valence-electron chi connectivity index (χ2n) is 8.82. The lowest BCUT2D eigenvalue weighted by atomic mass is 10.2. The molecule has 0 radical (unpaired) electrons. The second kappa shape index (κ2) is 19.2. The van der Waals surface area contributed by atoms with Gasteiger partial charge in [0.2, 0.25) is 0 Å². The van der Waals surface area contributed by atoms with Crippen LogP contribution in [0.3, 0.4) is 0 Å². The van der Waals surface area contributed by atoms with Gasteiger partial charge in [-0.15, -0.1) is 0 Å². The van der Waals surface area contributed by atoms with Gasteiger partial charge in [-0.3, -0.25) is 0 Å². The zero-order valence-electron chi connectivity index (χ0n) is 20.9. The average Bonchev–Trinajstić information content (AvgIpc) is 2.75. The first kappa shape index (κ1) is 29.5. The molecule has 0 saturated carbocycles. The maximum atomic E-state index is 5.70. The maximum absolute atomic E-state index is 5.70. The van der Waals surface area contributed by atoms with Crippen molar-refractivity contribution >= 4 is 16.1 Å². The van der Waals surface area contributed by atoms with Crippen LogP contribution in [0.1, 0.15) is 104 Å². The highest BCUT2D eigenvalue weighted by Gasteiger charge is 2.41.